The minimum Gasteiger partial charge on any atom is -0.462 e. The number of esters is 3. The van der Waals surface area contributed by atoms with Crippen molar-refractivity contribution in [3.8, 4) is 0 Å². The van der Waals surface area contributed by atoms with Crippen molar-refractivity contribution < 1.29 is 28.6 Å². The summed E-state index contributed by atoms with van der Waals surface area (Å²) >= 11 is 0. The Morgan fingerprint density at radius 1 is 0.304 bits per heavy atom. The number of carbonyl (C=O) groups excluding carboxylic acids is 3. The Labute approximate surface area is 428 Å². The van der Waals surface area contributed by atoms with Crippen LogP contribution in [0, 0.1) is 0 Å². The maximum atomic E-state index is 12.8. The van der Waals surface area contributed by atoms with Gasteiger partial charge in [0, 0.05) is 19.3 Å². The maximum absolute atomic E-state index is 12.8. The lowest BCUT2D eigenvalue weighted by atomic mass is 10.0. The van der Waals surface area contributed by atoms with Gasteiger partial charge in [0.2, 0.25) is 0 Å². The largest absolute Gasteiger partial charge is 0.462 e. The highest BCUT2D eigenvalue weighted by Crippen LogP contribution is 2.16. The van der Waals surface area contributed by atoms with Crippen LogP contribution in [0.2, 0.25) is 0 Å². The number of carbonyl (C=O) groups is 3. The number of rotatable bonds is 54. The monoisotopic (exact) mass is 965 g/mol. The zero-order valence-electron chi connectivity index (χ0n) is 45.8. The molecule has 400 valence electrons. The minimum absolute atomic E-state index is 0.0887. The van der Waals surface area contributed by atoms with Crippen molar-refractivity contribution in [3.63, 3.8) is 0 Å². The average Bonchev–Trinajstić information content (AvgIpc) is 3.35. The highest BCUT2D eigenvalue weighted by Gasteiger charge is 2.19. The molecular formula is C63H112O6. The van der Waals surface area contributed by atoms with Gasteiger partial charge in [-0.2, -0.15) is 0 Å². The van der Waals surface area contributed by atoms with Crippen molar-refractivity contribution in [1.29, 1.82) is 0 Å². The molecule has 0 heterocycles. The highest BCUT2D eigenvalue weighted by molar-refractivity contribution is 5.71. The van der Waals surface area contributed by atoms with Gasteiger partial charge in [-0.25, -0.2) is 0 Å². The van der Waals surface area contributed by atoms with Gasteiger partial charge in [0.05, 0.1) is 0 Å². The molecule has 0 aliphatic carbocycles. The summed E-state index contributed by atoms with van der Waals surface area (Å²) in [5.74, 6) is -0.919. The van der Waals surface area contributed by atoms with Crippen molar-refractivity contribution in [3.05, 3.63) is 60.8 Å². The van der Waals surface area contributed by atoms with Crippen LogP contribution < -0.4 is 0 Å². The molecule has 69 heavy (non-hydrogen) atoms. The maximum Gasteiger partial charge on any atom is 0.306 e. The van der Waals surface area contributed by atoms with E-state index in [1.807, 2.05) is 0 Å². The number of ether oxygens (including phenoxy) is 3. The first-order valence-corrected chi connectivity index (χ1v) is 29.8. The summed E-state index contributed by atoms with van der Waals surface area (Å²) in [6.07, 6.45) is 72.2. The van der Waals surface area contributed by atoms with Crippen LogP contribution in [0.5, 0.6) is 0 Å². The Morgan fingerprint density at radius 2 is 0.565 bits per heavy atom. The molecule has 0 bridgehead atoms. The third kappa shape index (κ3) is 55.9. The summed E-state index contributed by atoms with van der Waals surface area (Å²) in [4.78, 5) is 38.2. The van der Waals surface area contributed by atoms with Gasteiger partial charge in [-0.3, -0.25) is 14.4 Å². The zero-order chi connectivity index (χ0) is 50.0. The molecule has 0 aromatic rings. The summed E-state index contributed by atoms with van der Waals surface area (Å²) < 4.78 is 16.9. The van der Waals surface area contributed by atoms with E-state index in [1.54, 1.807) is 0 Å². The Bertz CT molecular complexity index is 1250. The molecule has 1 unspecified atom stereocenters. The minimum atomic E-state index is -0.795. The summed E-state index contributed by atoms with van der Waals surface area (Å²) in [6.45, 7) is 6.52. The summed E-state index contributed by atoms with van der Waals surface area (Å²) in [5.41, 5.74) is 0. The molecule has 0 saturated carbocycles. The molecular weight excluding hydrogens is 853 g/mol. The van der Waals surface area contributed by atoms with E-state index >= 15 is 0 Å². The third-order valence-corrected chi connectivity index (χ3v) is 13.0. The second kappa shape index (κ2) is 57.7. The van der Waals surface area contributed by atoms with Crippen molar-refractivity contribution in [1.82, 2.24) is 0 Å². The van der Waals surface area contributed by atoms with Gasteiger partial charge < -0.3 is 14.2 Å². The van der Waals surface area contributed by atoms with Crippen LogP contribution in [0.15, 0.2) is 60.8 Å². The molecule has 0 radical (unpaired) electrons. The fraction of sp³-hybridized carbons (Fsp3) is 0.794. The number of hydrogen-bond donors (Lipinski definition) is 0. The van der Waals surface area contributed by atoms with Gasteiger partial charge in [0.15, 0.2) is 6.10 Å². The lowest BCUT2D eigenvalue weighted by molar-refractivity contribution is -0.167. The Kier molecular flexibility index (Phi) is 55.3. The molecule has 1 atom stereocenters. The van der Waals surface area contributed by atoms with E-state index in [1.165, 1.54) is 180 Å². The van der Waals surface area contributed by atoms with Gasteiger partial charge in [-0.05, 0) is 83.5 Å². The summed E-state index contributed by atoms with van der Waals surface area (Å²) in [7, 11) is 0. The quantitative estimate of drug-likeness (QED) is 0.0262. The number of hydrogen-bond acceptors (Lipinski definition) is 6. The van der Waals surface area contributed by atoms with Gasteiger partial charge in [-0.1, -0.05) is 261 Å². The van der Waals surface area contributed by atoms with Crippen LogP contribution >= 0.6 is 0 Å². The van der Waals surface area contributed by atoms with Crippen molar-refractivity contribution in [2.45, 2.75) is 309 Å². The smallest absolute Gasteiger partial charge is 0.306 e. The molecule has 0 aliphatic heterocycles. The van der Waals surface area contributed by atoms with E-state index in [0.29, 0.717) is 19.3 Å². The lowest BCUT2D eigenvalue weighted by Crippen LogP contribution is -2.30. The summed E-state index contributed by atoms with van der Waals surface area (Å²) in [5, 5.41) is 0. The normalized spacial score (nSPS) is 12.4. The van der Waals surface area contributed by atoms with Crippen LogP contribution in [0.3, 0.4) is 0 Å². The van der Waals surface area contributed by atoms with Gasteiger partial charge in [0.25, 0.3) is 0 Å². The summed E-state index contributed by atoms with van der Waals surface area (Å²) in [6, 6.07) is 0. The van der Waals surface area contributed by atoms with Crippen LogP contribution in [0.25, 0.3) is 0 Å². The molecule has 6 nitrogen and oxygen atoms in total. The van der Waals surface area contributed by atoms with Crippen LogP contribution in [0.1, 0.15) is 303 Å². The molecule has 0 aromatic carbocycles. The third-order valence-electron chi connectivity index (χ3n) is 13.0. The number of unbranched alkanes of at least 4 members (excludes halogenated alkanes) is 33. The fourth-order valence-corrected chi connectivity index (χ4v) is 8.55. The molecule has 0 N–H and O–H groups in total. The zero-order valence-corrected chi connectivity index (χ0v) is 45.8. The van der Waals surface area contributed by atoms with E-state index in [-0.39, 0.29) is 37.5 Å². The van der Waals surface area contributed by atoms with E-state index in [9.17, 15) is 14.4 Å². The average molecular weight is 966 g/mol. The molecule has 0 fully saturated rings. The van der Waals surface area contributed by atoms with Crippen molar-refractivity contribution in [2.24, 2.45) is 0 Å². The molecule has 0 saturated heterocycles. The SMILES string of the molecule is CC/C=C\C/C=C\C/C=C\C/C=C\CCCCC(=O)OC(COC(=O)CCCCCCCCCCC/C=C\CCCCCCCCCC)COC(=O)CCCCCCCCCCCCCCCCC. The Balaban J connectivity index is 4.37. The molecule has 0 aliphatic rings. The topological polar surface area (TPSA) is 78.9 Å². The van der Waals surface area contributed by atoms with Gasteiger partial charge in [-0.15, -0.1) is 0 Å². The van der Waals surface area contributed by atoms with E-state index < -0.39 is 6.10 Å². The van der Waals surface area contributed by atoms with E-state index in [2.05, 4.69) is 81.5 Å². The molecule has 6 heteroatoms. The van der Waals surface area contributed by atoms with Crippen LogP contribution in [0.4, 0.5) is 0 Å². The van der Waals surface area contributed by atoms with Gasteiger partial charge >= 0.3 is 17.9 Å². The predicted molar refractivity (Wildman–Crippen MR) is 298 cm³/mol. The first-order chi connectivity index (χ1) is 34.0. The predicted octanol–water partition coefficient (Wildman–Crippen LogP) is 20.0. The van der Waals surface area contributed by atoms with Crippen LogP contribution in [-0.4, -0.2) is 37.2 Å². The Morgan fingerprint density at radius 3 is 0.928 bits per heavy atom. The van der Waals surface area contributed by atoms with E-state index in [0.717, 1.165) is 77.0 Å². The first kappa shape index (κ1) is 66.1. The second-order valence-electron chi connectivity index (χ2n) is 19.9. The molecule has 0 aromatic heterocycles. The van der Waals surface area contributed by atoms with Crippen LogP contribution in [-0.2, 0) is 28.6 Å². The Hall–Kier alpha value is -2.89. The molecule has 0 spiro atoms. The fourth-order valence-electron chi connectivity index (χ4n) is 8.55. The second-order valence-corrected chi connectivity index (χ2v) is 19.9. The highest BCUT2D eigenvalue weighted by atomic mass is 16.6. The van der Waals surface area contributed by atoms with E-state index in [4.69, 9.17) is 14.2 Å². The standard InChI is InChI=1S/C63H112O6/c1-4-7-10-13-16-19-22-25-28-29-30-31-32-33-36-38-41-44-47-50-53-56-62(65)68-59-60(69-63(66)57-54-51-48-45-42-39-35-27-24-21-18-15-12-9-6-3)58-67-61(64)55-52-49-46-43-40-37-34-26-23-20-17-14-11-8-5-2/h9,12,18,21,27,29-30,35,42,45,60H,4-8,10-11,13-17,19-20,22-26,28,31-34,36-41,43-44,46-59H2,1-3H3/b12-9-,21-18-,30-29-,35-27-,45-42-. The first-order valence-electron chi connectivity index (χ1n) is 29.8. The van der Waals surface area contributed by atoms with Crippen molar-refractivity contribution >= 4 is 17.9 Å². The van der Waals surface area contributed by atoms with Crippen molar-refractivity contribution in [2.75, 3.05) is 13.2 Å². The number of allylic oxidation sites excluding steroid dienone is 10. The molecule has 0 amide bonds. The lowest BCUT2D eigenvalue weighted by Gasteiger charge is -2.18. The molecule has 0 rings (SSSR count). The van der Waals surface area contributed by atoms with Gasteiger partial charge in [0.1, 0.15) is 13.2 Å².